The Morgan fingerprint density at radius 1 is 1.53 bits per heavy atom. The van der Waals surface area contributed by atoms with E-state index in [9.17, 15) is 20.0 Å². The van der Waals surface area contributed by atoms with Crippen molar-refractivity contribution < 1.29 is 14.8 Å². The monoisotopic (exact) mass is 267 g/mol. The van der Waals surface area contributed by atoms with Gasteiger partial charge in [-0.05, 0) is 12.6 Å². The molecule has 0 heterocycles. The zero-order chi connectivity index (χ0) is 14.4. The van der Waals surface area contributed by atoms with E-state index in [-0.39, 0.29) is 28.9 Å². The van der Waals surface area contributed by atoms with Crippen molar-refractivity contribution in [3.63, 3.8) is 0 Å². The van der Waals surface area contributed by atoms with Gasteiger partial charge in [-0.2, -0.15) is 0 Å². The predicted molar refractivity (Wildman–Crippen MR) is 71.1 cm³/mol. The zero-order valence-corrected chi connectivity index (χ0v) is 10.8. The smallest absolute Gasteiger partial charge is 0.271 e. The maximum absolute atomic E-state index is 11.8. The molecule has 0 fully saturated rings. The van der Waals surface area contributed by atoms with Gasteiger partial charge in [0.1, 0.15) is 5.75 Å². The highest BCUT2D eigenvalue weighted by molar-refractivity contribution is 5.94. The quantitative estimate of drug-likeness (QED) is 0.411. The van der Waals surface area contributed by atoms with E-state index in [0.29, 0.717) is 6.54 Å². The van der Waals surface area contributed by atoms with E-state index < -0.39 is 4.92 Å². The highest BCUT2D eigenvalue weighted by Gasteiger charge is 2.16. The standard InChI is InChI=1S/C12H17N3O4/c1-3-13-7-8(2)12(17)14-10-6-9(15(18)19)4-5-11(10)16/h4-6,8,13,16H,3,7H2,1-2H3,(H,14,17). The minimum absolute atomic E-state index is 0.0440. The lowest BCUT2D eigenvalue weighted by molar-refractivity contribution is -0.384. The molecule has 0 aliphatic carbocycles. The zero-order valence-electron chi connectivity index (χ0n) is 10.8. The van der Waals surface area contributed by atoms with E-state index >= 15 is 0 Å². The summed E-state index contributed by atoms with van der Waals surface area (Å²) >= 11 is 0. The molecule has 7 nitrogen and oxygen atoms in total. The molecule has 0 spiro atoms. The van der Waals surface area contributed by atoms with Gasteiger partial charge >= 0.3 is 0 Å². The number of nitro groups is 1. The topological polar surface area (TPSA) is 104 Å². The molecule has 0 saturated heterocycles. The van der Waals surface area contributed by atoms with Crippen LogP contribution in [0, 0.1) is 16.0 Å². The van der Waals surface area contributed by atoms with Gasteiger partial charge in [0.15, 0.2) is 0 Å². The summed E-state index contributed by atoms with van der Waals surface area (Å²) in [6, 6.07) is 3.49. The Morgan fingerprint density at radius 3 is 2.79 bits per heavy atom. The third kappa shape index (κ3) is 4.22. The van der Waals surface area contributed by atoms with Crippen LogP contribution in [0.4, 0.5) is 11.4 Å². The number of anilines is 1. The van der Waals surface area contributed by atoms with Crippen LogP contribution >= 0.6 is 0 Å². The Morgan fingerprint density at radius 2 is 2.21 bits per heavy atom. The van der Waals surface area contributed by atoms with E-state index in [1.165, 1.54) is 12.1 Å². The molecule has 1 unspecified atom stereocenters. The van der Waals surface area contributed by atoms with Crippen molar-refractivity contribution in [2.45, 2.75) is 13.8 Å². The molecule has 0 aliphatic rings. The van der Waals surface area contributed by atoms with Crippen LogP contribution in [-0.2, 0) is 4.79 Å². The van der Waals surface area contributed by atoms with E-state index in [4.69, 9.17) is 0 Å². The fourth-order valence-corrected chi connectivity index (χ4v) is 1.45. The number of carbonyl (C=O) groups is 1. The Hall–Kier alpha value is -2.15. The summed E-state index contributed by atoms with van der Waals surface area (Å²) in [5.74, 6) is -0.815. The van der Waals surface area contributed by atoms with Gasteiger partial charge in [-0.1, -0.05) is 13.8 Å². The fourth-order valence-electron chi connectivity index (χ4n) is 1.45. The van der Waals surface area contributed by atoms with E-state index in [1.54, 1.807) is 6.92 Å². The lowest BCUT2D eigenvalue weighted by Gasteiger charge is -2.13. The number of nitrogens with zero attached hydrogens (tertiary/aromatic N) is 1. The highest BCUT2D eigenvalue weighted by Crippen LogP contribution is 2.28. The van der Waals surface area contributed by atoms with Gasteiger partial charge in [0.05, 0.1) is 10.6 Å². The van der Waals surface area contributed by atoms with E-state index in [0.717, 1.165) is 12.6 Å². The molecule has 0 aromatic heterocycles. The molecule has 19 heavy (non-hydrogen) atoms. The number of phenolic OH excluding ortho intramolecular Hbond substituents is 1. The van der Waals surface area contributed by atoms with Gasteiger partial charge in [-0.25, -0.2) is 0 Å². The average Bonchev–Trinajstić information content (AvgIpc) is 2.38. The first kappa shape index (κ1) is 14.9. The number of benzene rings is 1. The van der Waals surface area contributed by atoms with Crippen LogP contribution in [0.25, 0.3) is 0 Å². The van der Waals surface area contributed by atoms with Gasteiger partial charge in [0.2, 0.25) is 5.91 Å². The molecular formula is C12H17N3O4. The van der Waals surface area contributed by atoms with Gasteiger partial charge < -0.3 is 15.7 Å². The largest absolute Gasteiger partial charge is 0.506 e. The molecule has 0 bridgehead atoms. The number of hydrogen-bond donors (Lipinski definition) is 3. The van der Waals surface area contributed by atoms with Crippen LogP contribution in [0.3, 0.4) is 0 Å². The fraction of sp³-hybridized carbons (Fsp3) is 0.417. The first-order chi connectivity index (χ1) is 8.95. The van der Waals surface area contributed by atoms with Crippen molar-refractivity contribution in [1.29, 1.82) is 0 Å². The van der Waals surface area contributed by atoms with Crippen molar-refractivity contribution in [3.05, 3.63) is 28.3 Å². The number of carbonyl (C=O) groups excluding carboxylic acids is 1. The summed E-state index contributed by atoms with van der Waals surface area (Å²) in [6.07, 6.45) is 0. The van der Waals surface area contributed by atoms with Gasteiger partial charge in [0.25, 0.3) is 5.69 Å². The predicted octanol–water partition coefficient (Wildman–Crippen LogP) is 1.48. The van der Waals surface area contributed by atoms with Crippen LogP contribution in [0.2, 0.25) is 0 Å². The number of rotatable bonds is 6. The van der Waals surface area contributed by atoms with Crippen molar-refractivity contribution in [2.24, 2.45) is 5.92 Å². The van der Waals surface area contributed by atoms with Crippen LogP contribution in [0.5, 0.6) is 5.75 Å². The van der Waals surface area contributed by atoms with E-state index in [2.05, 4.69) is 10.6 Å². The Bertz CT molecular complexity index is 476. The second-order valence-corrected chi connectivity index (χ2v) is 4.16. The van der Waals surface area contributed by atoms with Crippen molar-refractivity contribution in [3.8, 4) is 5.75 Å². The summed E-state index contributed by atoms with van der Waals surface area (Å²) < 4.78 is 0. The van der Waals surface area contributed by atoms with E-state index in [1.807, 2.05) is 6.92 Å². The summed E-state index contributed by atoms with van der Waals surface area (Å²) in [4.78, 5) is 21.9. The third-order valence-electron chi connectivity index (χ3n) is 2.60. The van der Waals surface area contributed by atoms with Crippen molar-refractivity contribution >= 4 is 17.3 Å². The number of non-ortho nitro benzene ring substituents is 1. The van der Waals surface area contributed by atoms with Crippen molar-refractivity contribution in [1.82, 2.24) is 5.32 Å². The lowest BCUT2D eigenvalue weighted by atomic mass is 10.1. The van der Waals surface area contributed by atoms with Crippen LogP contribution in [0.1, 0.15) is 13.8 Å². The summed E-state index contributed by atoms with van der Waals surface area (Å²) in [5, 5.41) is 25.7. The molecule has 0 radical (unpaired) electrons. The maximum atomic E-state index is 11.8. The molecule has 1 atom stereocenters. The molecule has 1 aromatic carbocycles. The summed E-state index contributed by atoms with van der Waals surface area (Å²) in [6.45, 7) is 4.90. The normalized spacial score (nSPS) is 11.9. The number of phenols is 1. The van der Waals surface area contributed by atoms with Crippen LogP contribution < -0.4 is 10.6 Å². The number of amides is 1. The number of aromatic hydroxyl groups is 1. The minimum atomic E-state index is -0.586. The molecular weight excluding hydrogens is 250 g/mol. The number of nitro benzene ring substituents is 1. The Labute approximate surface area is 110 Å². The molecule has 1 amide bonds. The molecule has 0 saturated carbocycles. The van der Waals surface area contributed by atoms with Gasteiger partial charge in [0, 0.05) is 24.6 Å². The lowest BCUT2D eigenvalue weighted by Crippen LogP contribution is -2.30. The molecule has 7 heteroatoms. The maximum Gasteiger partial charge on any atom is 0.271 e. The van der Waals surface area contributed by atoms with Gasteiger partial charge in [-0.15, -0.1) is 0 Å². The molecule has 1 rings (SSSR count). The minimum Gasteiger partial charge on any atom is -0.506 e. The highest BCUT2D eigenvalue weighted by atomic mass is 16.6. The van der Waals surface area contributed by atoms with Crippen LogP contribution in [-0.4, -0.2) is 29.0 Å². The Kier molecular flexibility index (Phi) is 5.25. The molecule has 104 valence electrons. The number of hydrogen-bond acceptors (Lipinski definition) is 5. The first-order valence-electron chi connectivity index (χ1n) is 5.94. The Balaban J connectivity index is 2.78. The second kappa shape index (κ2) is 6.69. The van der Waals surface area contributed by atoms with Gasteiger partial charge in [-0.3, -0.25) is 14.9 Å². The first-order valence-corrected chi connectivity index (χ1v) is 5.94. The summed E-state index contributed by atoms with van der Waals surface area (Å²) in [7, 11) is 0. The third-order valence-corrected chi connectivity index (χ3v) is 2.60. The molecule has 3 N–H and O–H groups in total. The average molecular weight is 267 g/mol. The second-order valence-electron chi connectivity index (χ2n) is 4.16. The molecule has 1 aromatic rings. The SMILES string of the molecule is CCNCC(C)C(=O)Nc1cc([N+](=O)[O-])ccc1O. The van der Waals surface area contributed by atoms with Crippen molar-refractivity contribution in [2.75, 3.05) is 18.4 Å². The molecule has 0 aliphatic heterocycles. The van der Waals surface area contributed by atoms with Crippen LogP contribution in [0.15, 0.2) is 18.2 Å². The summed E-state index contributed by atoms with van der Waals surface area (Å²) in [5.41, 5.74) is -0.144. The number of nitrogens with one attached hydrogen (secondary N) is 2.